The van der Waals surface area contributed by atoms with E-state index in [9.17, 15) is 0 Å². The molecule has 0 spiro atoms. The summed E-state index contributed by atoms with van der Waals surface area (Å²) in [5.74, 6) is 0. The Hall–Kier alpha value is -11.1. The number of anilines is 15. The van der Waals surface area contributed by atoms with Crippen LogP contribution in [0.1, 0.15) is 52.7 Å². The van der Waals surface area contributed by atoms with Crippen LogP contribution in [0.15, 0.2) is 285 Å². The average molecular weight is 1210 g/mol. The molecule has 6 aliphatic rings. The molecule has 0 atom stereocenters. The van der Waals surface area contributed by atoms with Gasteiger partial charge in [0.05, 0.1) is 16.9 Å². The topological polar surface area (TPSA) is 21.1 Å². The third-order valence-electron chi connectivity index (χ3n) is 21.5. The smallest absolute Gasteiger partial charge is 0.252 e. The summed E-state index contributed by atoms with van der Waals surface area (Å²) in [5, 5.41) is 2.54. The van der Waals surface area contributed by atoms with Gasteiger partial charge in [0, 0.05) is 95.9 Å². The molecule has 9 heteroatoms. The lowest BCUT2D eigenvalue weighted by Gasteiger charge is -2.53. The largest absolute Gasteiger partial charge is 0.312 e. The molecule has 6 aliphatic heterocycles. The maximum absolute atomic E-state index is 2.78. The third kappa shape index (κ3) is 7.61. The Labute approximate surface area is 556 Å². The molecule has 7 heterocycles. The number of benzene rings is 13. The number of hydrogen-bond acceptors (Lipinski definition) is 5. The second-order valence-corrected chi connectivity index (χ2v) is 28.8. The molecule has 0 radical (unpaired) electrons. The molecule has 6 nitrogen and oxygen atoms in total. The van der Waals surface area contributed by atoms with Crippen LogP contribution in [-0.4, -0.2) is 24.7 Å². The van der Waals surface area contributed by atoms with Crippen molar-refractivity contribution in [1.82, 2.24) is 4.57 Å². The first-order chi connectivity index (χ1) is 46.5. The molecule has 95 heavy (non-hydrogen) atoms. The molecular formula is C86H65B3N6. The van der Waals surface area contributed by atoms with Crippen LogP contribution >= 0.6 is 0 Å². The van der Waals surface area contributed by atoms with E-state index in [4.69, 9.17) is 0 Å². The fourth-order valence-corrected chi connectivity index (χ4v) is 17.5. The summed E-state index contributed by atoms with van der Waals surface area (Å²) in [6, 6.07) is 109. The first kappa shape index (κ1) is 54.4. The highest BCUT2D eigenvalue weighted by atomic mass is 15.2. The zero-order valence-electron chi connectivity index (χ0n) is 54.1. The second kappa shape index (κ2) is 19.7. The van der Waals surface area contributed by atoms with E-state index in [1.165, 1.54) is 133 Å². The van der Waals surface area contributed by atoms with Gasteiger partial charge in [-0.15, -0.1) is 0 Å². The summed E-state index contributed by atoms with van der Waals surface area (Å²) in [7, 11) is 0. The molecule has 13 aromatic carbocycles. The minimum absolute atomic E-state index is 0.117. The Balaban J connectivity index is 0.972. The fourth-order valence-electron chi connectivity index (χ4n) is 17.5. The number of para-hydroxylation sites is 8. The van der Waals surface area contributed by atoms with E-state index in [-0.39, 0.29) is 31.0 Å². The van der Waals surface area contributed by atoms with Gasteiger partial charge in [0.25, 0.3) is 20.1 Å². The summed E-state index contributed by atoms with van der Waals surface area (Å²) in [5.41, 5.74) is 35.5. The number of hydrogen-bond donors (Lipinski definition) is 0. The summed E-state index contributed by atoms with van der Waals surface area (Å²) < 4.78 is 2.63. The second-order valence-electron chi connectivity index (χ2n) is 28.8. The van der Waals surface area contributed by atoms with E-state index in [1.54, 1.807) is 0 Å². The summed E-state index contributed by atoms with van der Waals surface area (Å²) in [6.07, 6.45) is 0. The van der Waals surface area contributed by atoms with Gasteiger partial charge in [-0.25, -0.2) is 0 Å². The molecule has 0 aliphatic carbocycles. The van der Waals surface area contributed by atoms with E-state index in [0.29, 0.717) is 0 Å². The van der Waals surface area contributed by atoms with Gasteiger partial charge < -0.3 is 29.1 Å². The molecule has 0 fully saturated rings. The van der Waals surface area contributed by atoms with Gasteiger partial charge in [-0.2, -0.15) is 0 Å². The first-order valence-electron chi connectivity index (χ1n) is 33.7. The van der Waals surface area contributed by atoms with Gasteiger partial charge in [0.2, 0.25) is 0 Å². The predicted molar refractivity (Wildman–Crippen MR) is 406 cm³/mol. The molecule has 0 N–H and O–H groups in total. The van der Waals surface area contributed by atoms with Crippen molar-refractivity contribution in [2.45, 2.75) is 52.4 Å². The number of nitrogens with zero attached hydrogens (tertiary/aromatic N) is 6. The molecule has 0 saturated heterocycles. The van der Waals surface area contributed by atoms with Crippen LogP contribution in [0, 0.1) is 0 Å². The molecule has 1 aromatic heterocycles. The van der Waals surface area contributed by atoms with E-state index >= 15 is 0 Å². The van der Waals surface area contributed by atoms with Gasteiger partial charge in [0.15, 0.2) is 0 Å². The van der Waals surface area contributed by atoms with Crippen LogP contribution in [0.3, 0.4) is 0 Å². The Kier molecular flexibility index (Phi) is 11.3. The quantitative estimate of drug-likeness (QED) is 0.148. The predicted octanol–water partition coefficient (Wildman–Crippen LogP) is 16.2. The van der Waals surface area contributed by atoms with Crippen LogP contribution in [0.5, 0.6) is 0 Å². The Morgan fingerprint density at radius 1 is 0.274 bits per heavy atom. The Morgan fingerprint density at radius 3 is 1.20 bits per heavy atom. The fraction of sp³-hybridized carbons (Fsp3) is 0.0930. The molecular weight excluding hydrogens is 1150 g/mol. The van der Waals surface area contributed by atoms with E-state index in [2.05, 4.69) is 356 Å². The Morgan fingerprint density at radius 2 is 0.674 bits per heavy atom. The van der Waals surface area contributed by atoms with Crippen LogP contribution in [0.4, 0.5) is 85.3 Å². The molecule has 0 saturated carbocycles. The van der Waals surface area contributed by atoms with Crippen molar-refractivity contribution >= 4 is 176 Å². The molecule has 0 bridgehead atoms. The Bertz CT molecular complexity index is 5490. The number of aromatic nitrogens is 1. The van der Waals surface area contributed by atoms with E-state index < -0.39 is 0 Å². The highest BCUT2D eigenvalue weighted by Crippen LogP contribution is 2.53. The van der Waals surface area contributed by atoms with Crippen molar-refractivity contribution in [3.63, 3.8) is 0 Å². The summed E-state index contributed by atoms with van der Waals surface area (Å²) >= 11 is 0. The molecule has 448 valence electrons. The van der Waals surface area contributed by atoms with Crippen LogP contribution in [0.2, 0.25) is 0 Å². The lowest BCUT2D eigenvalue weighted by Crippen LogP contribution is -2.72. The first-order valence-corrected chi connectivity index (χ1v) is 33.7. The SMILES string of the molecule is CC(C)(C)c1ccc2c(c1)N1c3cc(N(c4ccccc4)c4ccccc4)cc4c3B(c3ccccc3N4c3ccccc3)c3cc4c5c(c31)B2c1ccc(C(C)(C)C)cc1N5c1cc(N(c2ccccc2)c2ccccc2)cc2c1B4c1cccc3c4ccccc4n-2c13. The van der Waals surface area contributed by atoms with Gasteiger partial charge in [-0.1, -0.05) is 217 Å². The third-order valence-corrected chi connectivity index (χ3v) is 21.5. The van der Waals surface area contributed by atoms with Crippen molar-refractivity contribution in [1.29, 1.82) is 0 Å². The highest BCUT2D eigenvalue weighted by Gasteiger charge is 2.55. The van der Waals surface area contributed by atoms with Crippen molar-refractivity contribution in [3.8, 4) is 5.69 Å². The lowest BCUT2D eigenvalue weighted by molar-refractivity contribution is 0.590. The summed E-state index contributed by atoms with van der Waals surface area (Å²) in [6.45, 7) is 13.8. The zero-order valence-corrected chi connectivity index (χ0v) is 54.1. The normalized spacial score (nSPS) is 13.9. The van der Waals surface area contributed by atoms with E-state index in [1.807, 2.05) is 0 Å². The average Bonchev–Trinajstić information content (AvgIpc) is 1.25. The van der Waals surface area contributed by atoms with Crippen molar-refractivity contribution in [2.75, 3.05) is 24.5 Å². The van der Waals surface area contributed by atoms with Gasteiger partial charge in [-0.3, -0.25) is 0 Å². The van der Waals surface area contributed by atoms with Crippen molar-refractivity contribution in [2.24, 2.45) is 0 Å². The number of fused-ring (bicyclic) bond motifs is 17. The summed E-state index contributed by atoms with van der Waals surface area (Å²) in [4.78, 5) is 13.1. The van der Waals surface area contributed by atoms with Crippen LogP contribution < -0.4 is 73.7 Å². The lowest BCUT2D eigenvalue weighted by atomic mass is 9.25. The highest BCUT2D eigenvalue weighted by molar-refractivity contribution is 7.07. The van der Waals surface area contributed by atoms with Gasteiger partial charge in [0.1, 0.15) is 0 Å². The minimum atomic E-state index is -0.148. The molecule has 14 aromatic rings. The molecule has 0 amide bonds. The molecule has 0 unspecified atom stereocenters. The number of rotatable bonds is 7. The van der Waals surface area contributed by atoms with Crippen molar-refractivity contribution < 1.29 is 0 Å². The van der Waals surface area contributed by atoms with Gasteiger partial charge >= 0.3 is 0 Å². The minimum Gasteiger partial charge on any atom is -0.312 e. The maximum Gasteiger partial charge on any atom is 0.252 e. The van der Waals surface area contributed by atoms with Crippen molar-refractivity contribution in [3.05, 3.63) is 296 Å². The van der Waals surface area contributed by atoms with Crippen LogP contribution in [0.25, 0.3) is 27.5 Å². The molecule has 20 rings (SSSR count). The monoisotopic (exact) mass is 1210 g/mol. The van der Waals surface area contributed by atoms with E-state index in [0.717, 1.165) is 39.8 Å². The standard InChI is InChI=1S/C86H65B3N6/c1-85(2,3)54-43-45-66-73(47-54)94-77-51-61(90(56-27-12-7-13-28-56)57-29-14-8-15-30-57)49-75-79(77)88(65-39-23-25-42-72(65)92(75)60-35-20-11-21-36-60)69-53-70-84-81(83(69)94)87(66)67-46-44-55(86(4,5)6)48-74(67)95(84)78-52-62(91(58-31-16-9-17-32-58)59-33-18-10-19-34-59)50-76-80(78)89(70)68-40-26-38-64-63-37-22-24-41-71(63)93(76)82(64)68/h7-53H,1-6H3. The zero-order chi connectivity index (χ0) is 63.3. The maximum atomic E-state index is 2.78. The van der Waals surface area contributed by atoms with Crippen LogP contribution in [-0.2, 0) is 10.8 Å². The van der Waals surface area contributed by atoms with Gasteiger partial charge in [-0.05, 0) is 180 Å².